The third-order valence-corrected chi connectivity index (χ3v) is 4.93. The number of fused-ring (bicyclic) bond motifs is 2. The van der Waals surface area contributed by atoms with Crippen LogP contribution < -0.4 is 10.6 Å². The van der Waals surface area contributed by atoms with Crippen LogP contribution in [0, 0.1) is 0 Å². The second kappa shape index (κ2) is 9.39. The molecule has 0 aromatic rings. The Morgan fingerprint density at radius 2 is 2.22 bits per heavy atom. The quantitative estimate of drug-likeness (QED) is 0.384. The van der Waals surface area contributed by atoms with Crippen molar-refractivity contribution in [1.29, 1.82) is 0 Å². The summed E-state index contributed by atoms with van der Waals surface area (Å²) in [5, 5.41) is 6.93. The summed E-state index contributed by atoms with van der Waals surface area (Å²) in [5.74, 6) is 0.935. The van der Waals surface area contributed by atoms with Crippen LogP contribution in [0.2, 0.25) is 0 Å². The summed E-state index contributed by atoms with van der Waals surface area (Å²) in [4.78, 5) is 7.20. The second-order valence-corrected chi connectivity index (χ2v) is 6.58. The molecule has 3 aliphatic heterocycles. The maximum atomic E-state index is 5.91. The molecule has 4 atom stereocenters. The van der Waals surface area contributed by atoms with Gasteiger partial charge in [-0.05, 0) is 33.1 Å². The lowest BCUT2D eigenvalue weighted by Crippen LogP contribution is -2.48. The van der Waals surface area contributed by atoms with Crippen molar-refractivity contribution in [2.75, 3.05) is 39.4 Å². The van der Waals surface area contributed by atoms with Crippen molar-refractivity contribution >= 4 is 29.9 Å². The lowest BCUT2D eigenvalue weighted by molar-refractivity contribution is 0.00141. The van der Waals surface area contributed by atoms with Crippen molar-refractivity contribution in [2.24, 2.45) is 4.99 Å². The van der Waals surface area contributed by atoms with Gasteiger partial charge >= 0.3 is 0 Å². The number of hydrogen-bond acceptors (Lipinski definition) is 4. The Kier molecular flexibility index (Phi) is 7.84. The molecule has 6 nitrogen and oxygen atoms in total. The van der Waals surface area contributed by atoms with Gasteiger partial charge in [0.1, 0.15) is 0 Å². The first kappa shape index (κ1) is 19.2. The second-order valence-electron chi connectivity index (χ2n) is 6.58. The van der Waals surface area contributed by atoms with Crippen molar-refractivity contribution in [3.63, 3.8) is 0 Å². The minimum Gasteiger partial charge on any atom is -0.379 e. The highest BCUT2D eigenvalue weighted by atomic mass is 127. The summed E-state index contributed by atoms with van der Waals surface area (Å²) in [6.07, 6.45) is 4.39. The van der Waals surface area contributed by atoms with Crippen LogP contribution in [0.15, 0.2) is 4.99 Å². The van der Waals surface area contributed by atoms with Gasteiger partial charge in [-0.2, -0.15) is 0 Å². The summed E-state index contributed by atoms with van der Waals surface area (Å²) >= 11 is 0. The van der Waals surface area contributed by atoms with Crippen molar-refractivity contribution in [1.82, 2.24) is 15.5 Å². The molecule has 0 radical (unpaired) electrons. The highest BCUT2D eigenvalue weighted by Crippen LogP contribution is 2.34. The fraction of sp³-hybridized carbons (Fsp3) is 0.938. The first-order valence-electron chi connectivity index (χ1n) is 8.78. The molecule has 3 saturated heterocycles. The van der Waals surface area contributed by atoms with E-state index in [0.29, 0.717) is 24.3 Å². The van der Waals surface area contributed by atoms with E-state index < -0.39 is 0 Å². The lowest BCUT2D eigenvalue weighted by Gasteiger charge is -2.32. The average Bonchev–Trinajstić information content (AvgIpc) is 3.12. The minimum absolute atomic E-state index is 0. The first-order chi connectivity index (χ1) is 10.8. The van der Waals surface area contributed by atoms with Gasteiger partial charge in [0, 0.05) is 25.7 Å². The number of morpholine rings is 1. The van der Waals surface area contributed by atoms with E-state index in [4.69, 9.17) is 14.5 Å². The molecule has 0 amide bonds. The third-order valence-electron chi connectivity index (χ3n) is 4.93. The molecule has 3 rings (SSSR count). The summed E-state index contributed by atoms with van der Waals surface area (Å²) in [7, 11) is 0. The van der Waals surface area contributed by atoms with E-state index in [1.807, 2.05) is 0 Å². The SMILES string of the molecule is CCNC(=NCCN1CCOCC1C)NC1CC2CCC1O2.I. The number of nitrogens with zero attached hydrogens (tertiary/aromatic N) is 2. The smallest absolute Gasteiger partial charge is 0.191 e. The molecule has 2 bridgehead atoms. The molecule has 7 heteroatoms. The molecular weight excluding hydrogens is 407 g/mol. The van der Waals surface area contributed by atoms with Crippen LogP contribution in [0.1, 0.15) is 33.1 Å². The summed E-state index contributed by atoms with van der Waals surface area (Å²) in [5.41, 5.74) is 0. The maximum absolute atomic E-state index is 5.91. The van der Waals surface area contributed by atoms with Gasteiger partial charge in [-0.15, -0.1) is 24.0 Å². The van der Waals surface area contributed by atoms with E-state index in [0.717, 1.165) is 51.8 Å². The lowest BCUT2D eigenvalue weighted by atomic mass is 9.96. The van der Waals surface area contributed by atoms with Gasteiger partial charge in [0.05, 0.1) is 38.0 Å². The number of halogens is 1. The van der Waals surface area contributed by atoms with Gasteiger partial charge < -0.3 is 20.1 Å². The summed E-state index contributed by atoms with van der Waals surface area (Å²) < 4.78 is 11.4. The minimum atomic E-state index is 0. The zero-order valence-corrected chi connectivity index (χ0v) is 16.6. The molecule has 4 unspecified atom stereocenters. The van der Waals surface area contributed by atoms with Crippen LogP contribution in [0.25, 0.3) is 0 Å². The fourth-order valence-electron chi connectivity index (χ4n) is 3.67. The van der Waals surface area contributed by atoms with Gasteiger partial charge in [-0.25, -0.2) is 0 Å². The van der Waals surface area contributed by atoms with Crippen molar-refractivity contribution in [3.8, 4) is 0 Å². The van der Waals surface area contributed by atoms with Gasteiger partial charge in [0.2, 0.25) is 0 Å². The number of ether oxygens (including phenoxy) is 2. The van der Waals surface area contributed by atoms with E-state index in [-0.39, 0.29) is 24.0 Å². The van der Waals surface area contributed by atoms with E-state index in [9.17, 15) is 0 Å². The molecule has 3 aliphatic rings. The molecule has 0 aliphatic carbocycles. The molecule has 23 heavy (non-hydrogen) atoms. The molecule has 3 heterocycles. The number of aliphatic imine (C=N–C) groups is 1. The largest absolute Gasteiger partial charge is 0.379 e. The molecule has 134 valence electrons. The molecule has 0 saturated carbocycles. The van der Waals surface area contributed by atoms with Gasteiger partial charge in [-0.3, -0.25) is 9.89 Å². The Morgan fingerprint density at radius 3 is 2.87 bits per heavy atom. The third kappa shape index (κ3) is 5.17. The Hall–Kier alpha value is -0.120. The zero-order valence-electron chi connectivity index (χ0n) is 14.3. The van der Waals surface area contributed by atoms with Crippen LogP contribution >= 0.6 is 24.0 Å². The van der Waals surface area contributed by atoms with Gasteiger partial charge in [-0.1, -0.05) is 0 Å². The monoisotopic (exact) mass is 438 g/mol. The Morgan fingerprint density at radius 1 is 1.35 bits per heavy atom. The number of hydrogen-bond donors (Lipinski definition) is 2. The maximum Gasteiger partial charge on any atom is 0.191 e. The molecule has 2 N–H and O–H groups in total. The van der Waals surface area contributed by atoms with Crippen molar-refractivity contribution in [3.05, 3.63) is 0 Å². The summed E-state index contributed by atoms with van der Waals surface area (Å²) in [6.45, 7) is 9.73. The molecule has 0 aromatic heterocycles. The standard InChI is InChI=1S/C16H30N4O2.HI/c1-3-17-16(19-14-10-13-4-5-15(14)22-13)18-6-7-20-8-9-21-11-12(20)2;/h12-15H,3-11H2,1-2H3,(H2,17,18,19);1H. The van der Waals surface area contributed by atoms with Crippen LogP contribution in [0.5, 0.6) is 0 Å². The van der Waals surface area contributed by atoms with E-state index >= 15 is 0 Å². The Bertz CT molecular complexity index is 396. The first-order valence-corrected chi connectivity index (χ1v) is 8.78. The summed E-state index contributed by atoms with van der Waals surface area (Å²) in [6, 6.07) is 0.928. The predicted molar refractivity (Wildman–Crippen MR) is 103 cm³/mol. The van der Waals surface area contributed by atoms with Gasteiger partial charge in [0.15, 0.2) is 5.96 Å². The Labute approximate surface area is 156 Å². The van der Waals surface area contributed by atoms with E-state index in [1.165, 1.54) is 12.8 Å². The van der Waals surface area contributed by atoms with Crippen molar-refractivity contribution in [2.45, 2.75) is 57.4 Å². The molecule has 3 fully saturated rings. The van der Waals surface area contributed by atoms with E-state index in [2.05, 4.69) is 29.4 Å². The van der Waals surface area contributed by atoms with Crippen LogP contribution in [-0.4, -0.2) is 74.5 Å². The number of rotatable bonds is 5. The zero-order chi connectivity index (χ0) is 15.4. The number of guanidine groups is 1. The highest BCUT2D eigenvalue weighted by Gasteiger charge is 2.41. The van der Waals surface area contributed by atoms with Crippen molar-refractivity contribution < 1.29 is 9.47 Å². The topological polar surface area (TPSA) is 58.1 Å². The van der Waals surface area contributed by atoms with Crippen LogP contribution in [-0.2, 0) is 9.47 Å². The van der Waals surface area contributed by atoms with E-state index in [1.54, 1.807) is 0 Å². The molecular formula is C16H31IN4O2. The van der Waals surface area contributed by atoms with Crippen LogP contribution in [0.3, 0.4) is 0 Å². The van der Waals surface area contributed by atoms with Gasteiger partial charge in [0.25, 0.3) is 0 Å². The number of nitrogens with one attached hydrogen (secondary N) is 2. The van der Waals surface area contributed by atoms with Crippen LogP contribution in [0.4, 0.5) is 0 Å². The normalized spacial score (nSPS) is 34.3. The fourth-order valence-corrected chi connectivity index (χ4v) is 3.67. The Balaban J connectivity index is 0.00000192. The average molecular weight is 438 g/mol. The predicted octanol–water partition coefficient (Wildman–Crippen LogP) is 1.20. The highest BCUT2D eigenvalue weighted by molar-refractivity contribution is 14.0. The molecule has 0 aromatic carbocycles. The molecule has 0 spiro atoms.